The lowest BCUT2D eigenvalue weighted by Crippen LogP contribution is -2.25. The molecule has 2 aromatic rings. The maximum Gasteiger partial charge on any atom is 0.109 e. The number of nitrogens with zero attached hydrogens (tertiary/aromatic N) is 1. The Morgan fingerprint density at radius 2 is 1.31 bits per heavy atom. The van der Waals surface area contributed by atoms with Gasteiger partial charge < -0.3 is 4.42 Å². The topological polar surface area (TPSA) is 26.0 Å². The van der Waals surface area contributed by atoms with Crippen LogP contribution in [-0.2, 0) is 21.7 Å². The van der Waals surface area contributed by atoms with Gasteiger partial charge in [-0.2, -0.15) is 0 Å². The van der Waals surface area contributed by atoms with Crippen molar-refractivity contribution in [3.8, 4) is 0 Å². The van der Waals surface area contributed by atoms with Crippen molar-refractivity contribution >= 4 is 11.3 Å². The van der Waals surface area contributed by atoms with E-state index in [1.165, 1.54) is 10.7 Å². The molecule has 0 amide bonds. The molecule has 146 valence electrons. The maximum absolute atomic E-state index is 6.22. The monoisotopic (exact) mass is 375 g/mol. The Morgan fingerprint density at radius 1 is 0.769 bits per heavy atom. The fourth-order valence-electron chi connectivity index (χ4n) is 2.91. The zero-order chi connectivity index (χ0) is 20.0. The van der Waals surface area contributed by atoms with Gasteiger partial charge in [0.2, 0.25) is 0 Å². The Balaban J connectivity index is 2.12. The lowest BCUT2D eigenvalue weighted by atomic mass is 9.76. The summed E-state index contributed by atoms with van der Waals surface area (Å²) >= 11 is 1.79. The van der Waals surface area contributed by atoms with Crippen LogP contribution in [0.1, 0.15) is 104 Å². The van der Waals surface area contributed by atoms with Crippen LogP contribution in [-0.4, -0.2) is 4.98 Å². The fourth-order valence-corrected chi connectivity index (χ4v) is 4.01. The molecule has 0 aromatic carbocycles. The summed E-state index contributed by atoms with van der Waals surface area (Å²) in [4.78, 5) is 4.96. The zero-order valence-electron chi connectivity index (χ0n) is 18.4. The third-order valence-corrected chi connectivity index (χ3v) is 6.49. The van der Waals surface area contributed by atoms with Gasteiger partial charge >= 0.3 is 0 Å². The van der Waals surface area contributed by atoms with Crippen molar-refractivity contribution in [2.24, 2.45) is 0 Å². The molecule has 0 atom stereocenters. The number of thiazole rings is 1. The summed E-state index contributed by atoms with van der Waals surface area (Å²) in [6.45, 7) is 22.5. The van der Waals surface area contributed by atoms with Crippen LogP contribution < -0.4 is 0 Å². The number of furan rings is 1. The highest BCUT2D eigenvalue weighted by Crippen LogP contribution is 2.39. The Kier molecular flexibility index (Phi) is 5.56. The second kappa shape index (κ2) is 6.82. The fraction of sp³-hybridized carbons (Fsp3) is 0.696. The van der Waals surface area contributed by atoms with E-state index in [-0.39, 0.29) is 21.7 Å². The Labute approximate surface area is 164 Å². The van der Waals surface area contributed by atoms with Gasteiger partial charge in [-0.25, -0.2) is 4.98 Å². The van der Waals surface area contributed by atoms with Crippen LogP contribution in [0.5, 0.6) is 0 Å². The van der Waals surface area contributed by atoms with Gasteiger partial charge in [0.05, 0.1) is 10.7 Å². The Morgan fingerprint density at radius 3 is 1.77 bits per heavy atom. The summed E-state index contributed by atoms with van der Waals surface area (Å²) < 4.78 is 6.22. The highest BCUT2D eigenvalue weighted by Gasteiger charge is 2.32. The summed E-state index contributed by atoms with van der Waals surface area (Å²) in [5.41, 5.74) is 1.48. The first-order valence-electron chi connectivity index (χ1n) is 9.70. The molecule has 2 rings (SSSR count). The van der Waals surface area contributed by atoms with Crippen LogP contribution in [0.15, 0.2) is 21.9 Å². The molecule has 0 N–H and O–H groups in total. The van der Waals surface area contributed by atoms with Gasteiger partial charge in [0.15, 0.2) is 0 Å². The van der Waals surface area contributed by atoms with E-state index < -0.39 is 0 Å². The molecule has 0 unspecified atom stereocenters. The number of aromatic nitrogens is 1. The van der Waals surface area contributed by atoms with Gasteiger partial charge in [-0.1, -0.05) is 69.2 Å². The standard InChI is InChI=1S/C23H37NOS/c1-20(2,3)17-11-12-18(25-17)23(9,10)14-13-22(7,8)16-15-26-19(24-16)21(4,5)6/h11-12,15H,13-14H2,1-10H3. The van der Waals surface area contributed by atoms with Crippen LogP contribution in [0.4, 0.5) is 0 Å². The minimum atomic E-state index is 0.0175. The average molecular weight is 376 g/mol. The van der Waals surface area contributed by atoms with Crippen LogP contribution in [0.3, 0.4) is 0 Å². The SMILES string of the molecule is CC(C)(C)c1ccc(C(C)(C)CCC(C)(C)c2csc(C(C)(C)C)n2)o1. The minimum Gasteiger partial charge on any atom is -0.465 e. The third-order valence-electron chi connectivity index (χ3n) is 5.23. The molecule has 0 aliphatic rings. The van der Waals surface area contributed by atoms with Crippen molar-refractivity contribution in [3.05, 3.63) is 39.7 Å². The molecular formula is C23H37NOS. The molecule has 0 saturated carbocycles. The summed E-state index contributed by atoms with van der Waals surface area (Å²) in [6.07, 6.45) is 2.15. The van der Waals surface area contributed by atoms with Gasteiger partial charge in [-0.15, -0.1) is 11.3 Å². The van der Waals surface area contributed by atoms with Crippen LogP contribution in [0, 0.1) is 0 Å². The second-order valence-electron chi connectivity index (χ2n) is 11.0. The molecule has 2 heterocycles. The molecule has 2 aromatic heterocycles. The van der Waals surface area contributed by atoms with Crippen molar-refractivity contribution in [1.82, 2.24) is 4.98 Å². The average Bonchev–Trinajstić information content (AvgIpc) is 3.13. The van der Waals surface area contributed by atoms with Crippen molar-refractivity contribution in [2.75, 3.05) is 0 Å². The molecule has 0 fully saturated rings. The number of rotatable bonds is 5. The molecule has 0 aliphatic heterocycles. The smallest absolute Gasteiger partial charge is 0.109 e. The quantitative estimate of drug-likeness (QED) is 0.545. The van der Waals surface area contributed by atoms with Crippen molar-refractivity contribution in [2.45, 2.75) is 104 Å². The predicted octanol–water partition coefficient (Wildman–Crippen LogP) is 7.37. The van der Waals surface area contributed by atoms with Crippen LogP contribution in [0.25, 0.3) is 0 Å². The first-order valence-corrected chi connectivity index (χ1v) is 10.6. The van der Waals surface area contributed by atoms with E-state index in [1.54, 1.807) is 11.3 Å². The molecule has 0 spiro atoms. The normalized spacial score (nSPS) is 14.1. The maximum atomic E-state index is 6.22. The summed E-state index contributed by atoms with van der Waals surface area (Å²) in [5, 5.41) is 3.47. The molecule has 0 radical (unpaired) electrons. The van der Waals surface area contributed by atoms with Gasteiger partial charge in [-0.3, -0.25) is 0 Å². The van der Waals surface area contributed by atoms with Crippen molar-refractivity contribution in [3.63, 3.8) is 0 Å². The molecule has 0 aliphatic carbocycles. The van der Waals surface area contributed by atoms with Gasteiger partial charge in [0, 0.05) is 27.0 Å². The van der Waals surface area contributed by atoms with E-state index in [9.17, 15) is 0 Å². The van der Waals surface area contributed by atoms with E-state index in [1.807, 2.05) is 0 Å². The van der Waals surface area contributed by atoms with Crippen LogP contribution >= 0.6 is 11.3 Å². The summed E-state index contributed by atoms with van der Waals surface area (Å²) in [6, 6.07) is 4.30. The summed E-state index contributed by atoms with van der Waals surface area (Å²) in [5.74, 6) is 2.15. The van der Waals surface area contributed by atoms with Gasteiger partial charge in [0.25, 0.3) is 0 Å². The predicted molar refractivity (Wildman–Crippen MR) is 114 cm³/mol. The minimum absolute atomic E-state index is 0.0175. The van der Waals surface area contributed by atoms with Crippen LogP contribution in [0.2, 0.25) is 0 Å². The first-order chi connectivity index (χ1) is 11.6. The molecular weight excluding hydrogens is 338 g/mol. The zero-order valence-corrected chi connectivity index (χ0v) is 19.2. The highest BCUT2D eigenvalue weighted by atomic mass is 32.1. The first kappa shape index (κ1) is 21.2. The summed E-state index contributed by atoms with van der Waals surface area (Å²) in [7, 11) is 0. The Bertz CT molecular complexity index is 671. The van der Waals surface area contributed by atoms with Gasteiger partial charge in [0.1, 0.15) is 11.5 Å². The lowest BCUT2D eigenvalue weighted by Gasteiger charge is -2.29. The van der Waals surface area contributed by atoms with E-state index >= 15 is 0 Å². The third kappa shape index (κ3) is 4.79. The molecule has 26 heavy (non-hydrogen) atoms. The number of hydrogen-bond acceptors (Lipinski definition) is 3. The molecule has 0 bridgehead atoms. The second-order valence-corrected chi connectivity index (χ2v) is 11.8. The lowest BCUT2D eigenvalue weighted by molar-refractivity contribution is 0.295. The van der Waals surface area contributed by atoms with Crippen molar-refractivity contribution in [1.29, 1.82) is 0 Å². The number of hydrogen-bond donors (Lipinski definition) is 0. The van der Waals surface area contributed by atoms with Gasteiger partial charge in [-0.05, 0) is 25.0 Å². The van der Waals surface area contributed by atoms with Crippen molar-refractivity contribution < 1.29 is 4.42 Å². The highest BCUT2D eigenvalue weighted by molar-refractivity contribution is 7.09. The van der Waals surface area contributed by atoms with E-state index in [0.717, 1.165) is 24.4 Å². The molecule has 2 nitrogen and oxygen atoms in total. The van der Waals surface area contributed by atoms with E-state index in [2.05, 4.69) is 86.8 Å². The molecule has 3 heteroatoms. The van der Waals surface area contributed by atoms with E-state index in [0.29, 0.717) is 0 Å². The Hall–Kier alpha value is -1.09. The van der Waals surface area contributed by atoms with E-state index in [4.69, 9.17) is 9.40 Å². The largest absolute Gasteiger partial charge is 0.465 e. The molecule has 0 saturated heterocycles.